The topological polar surface area (TPSA) is 81.7 Å². The van der Waals surface area contributed by atoms with E-state index in [1.807, 2.05) is 6.92 Å². The Labute approximate surface area is 115 Å². The van der Waals surface area contributed by atoms with Gasteiger partial charge in [0.25, 0.3) is 0 Å². The molecule has 0 saturated heterocycles. The number of nitrogens with two attached hydrogens (primary N) is 2. The van der Waals surface area contributed by atoms with E-state index in [0.29, 0.717) is 12.0 Å². The smallest absolute Gasteiger partial charge is 0.392 e. The van der Waals surface area contributed by atoms with E-state index >= 15 is 0 Å². The minimum absolute atomic E-state index is 0. The van der Waals surface area contributed by atoms with Gasteiger partial charge in [0.1, 0.15) is 0 Å². The molecule has 0 aromatic carbocycles. The molecule has 0 aromatic rings. The minimum atomic E-state index is 0. The molecule has 11 heavy (non-hydrogen) atoms. The van der Waals surface area contributed by atoms with Crippen LogP contribution < -0.4 is 69.9 Å². The van der Waals surface area contributed by atoms with E-state index in [1.165, 1.54) is 0 Å². The number of guanidine groups is 1. The molecular weight excluding hydrogens is 216 g/mol. The molecule has 0 aromatic heterocycles. The van der Waals surface area contributed by atoms with Crippen LogP contribution in [-0.4, -0.2) is 23.7 Å². The summed E-state index contributed by atoms with van der Waals surface area (Å²) < 4.78 is 0. The second-order valence-corrected chi connectivity index (χ2v) is 2.36. The van der Waals surface area contributed by atoms with Crippen molar-refractivity contribution in [3.05, 3.63) is 5.32 Å². The van der Waals surface area contributed by atoms with Gasteiger partial charge in [0.2, 0.25) is 0 Å². The van der Waals surface area contributed by atoms with Crippen LogP contribution in [0.3, 0.4) is 0 Å². The van der Waals surface area contributed by atoms with Crippen molar-refractivity contribution >= 4 is 5.96 Å². The average molecular weight is 228 g/mol. The zero-order valence-electron chi connectivity index (χ0n) is 6.99. The van der Waals surface area contributed by atoms with Crippen LogP contribution in [0.15, 0.2) is 4.99 Å². The van der Waals surface area contributed by atoms with Crippen LogP contribution in [0.25, 0.3) is 5.32 Å². The first-order valence-corrected chi connectivity index (χ1v) is 3.25. The maximum atomic E-state index is 5.22. The van der Waals surface area contributed by atoms with E-state index in [9.17, 15) is 0 Å². The van der Waals surface area contributed by atoms with Crippen molar-refractivity contribution in [2.45, 2.75) is 19.4 Å². The molecule has 1 aliphatic rings. The number of rotatable bonds is 0. The molecule has 0 bridgehead atoms. The second kappa shape index (κ2) is 5.61. The summed E-state index contributed by atoms with van der Waals surface area (Å²) in [5.74, 6) is 10.9. The number of hydrazine groups is 2. The number of nitrogens with zero attached hydrogens (tertiary/aromatic N) is 3. The second-order valence-electron chi connectivity index (χ2n) is 2.36. The van der Waals surface area contributed by atoms with Crippen LogP contribution in [0.1, 0.15) is 13.3 Å². The standard InChI is InChI=1S/C5H12N5.Rb/c1-4-2-3-8-5(9-4)10(6)7;/h4H,2-3,6-7H2,1H3;/q-1;+1. The third kappa shape index (κ3) is 3.96. The Morgan fingerprint density at radius 1 is 1.64 bits per heavy atom. The third-order valence-electron chi connectivity index (χ3n) is 1.37. The van der Waals surface area contributed by atoms with Crippen molar-refractivity contribution < 1.29 is 58.2 Å². The van der Waals surface area contributed by atoms with E-state index in [0.717, 1.165) is 18.1 Å². The van der Waals surface area contributed by atoms with E-state index < -0.39 is 0 Å². The fraction of sp³-hybridized carbons (Fsp3) is 0.800. The first kappa shape index (κ1) is 12.0. The van der Waals surface area contributed by atoms with E-state index in [2.05, 4.69) is 10.3 Å². The quantitative estimate of drug-likeness (QED) is 0.334. The van der Waals surface area contributed by atoms with Crippen LogP contribution in [0.4, 0.5) is 0 Å². The first-order chi connectivity index (χ1) is 4.70. The fourth-order valence-corrected chi connectivity index (χ4v) is 0.802. The molecule has 5 nitrogen and oxygen atoms in total. The van der Waals surface area contributed by atoms with Gasteiger partial charge in [0.15, 0.2) is 0 Å². The van der Waals surface area contributed by atoms with E-state index in [-0.39, 0.29) is 58.2 Å². The maximum absolute atomic E-state index is 5.22. The molecule has 0 spiro atoms. The first-order valence-electron chi connectivity index (χ1n) is 3.25. The molecular formula is C5H12N5Rb. The molecule has 1 aliphatic heterocycles. The van der Waals surface area contributed by atoms with Crippen molar-refractivity contribution in [1.82, 2.24) is 5.12 Å². The van der Waals surface area contributed by atoms with Gasteiger partial charge in [-0.25, -0.2) is 0 Å². The summed E-state index contributed by atoms with van der Waals surface area (Å²) in [6.45, 7) is 2.78. The van der Waals surface area contributed by atoms with Crippen LogP contribution >= 0.6 is 0 Å². The summed E-state index contributed by atoms with van der Waals surface area (Å²) in [4.78, 5) is 4.01. The van der Waals surface area contributed by atoms with Crippen molar-refractivity contribution in [1.29, 1.82) is 0 Å². The van der Waals surface area contributed by atoms with Gasteiger partial charge < -0.3 is 15.4 Å². The summed E-state index contributed by atoms with van der Waals surface area (Å²) in [5, 5.41) is 5.06. The molecule has 1 heterocycles. The van der Waals surface area contributed by atoms with Crippen molar-refractivity contribution in [2.24, 2.45) is 16.7 Å². The van der Waals surface area contributed by atoms with Gasteiger partial charge in [-0.3, -0.25) is 11.7 Å². The largest absolute Gasteiger partial charge is 1.00 e. The Kier molecular flexibility index (Phi) is 6.12. The summed E-state index contributed by atoms with van der Waals surface area (Å²) in [6, 6.07) is 0.294. The van der Waals surface area contributed by atoms with Crippen LogP contribution in [0.2, 0.25) is 0 Å². The Balaban J connectivity index is 0.000001000. The molecule has 0 fully saturated rings. The van der Waals surface area contributed by atoms with Gasteiger partial charge in [0.05, 0.1) is 0 Å². The molecule has 1 rings (SSSR count). The minimum Gasteiger partial charge on any atom is -0.392 e. The van der Waals surface area contributed by atoms with Gasteiger partial charge in [0, 0.05) is 5.96 Å². The average Bonchev–Trinajstić information content (AvgIpc) is 1.88. The van der Waals surface area contributed by atoms with Crippen LogP contribution in [-0.2, 0) is 0 Å². The predicted molar refractivity (Wildman–Crippen MR) is 40.0 cm³/mol. The third-order valence-corrected chi connectivity index (χ3v) is 1.37. The van der Waals surface area contributed by atoms with Gasteiger partial charge >= 0.3 is 58.2 Å². The number of aliphatic imine (C=N–C) groups is 1. The molecule has 0 aliphatic carbocycles. The normalized spacial score (nSPS) is 22.8. The maximum Gasteiger partial charge on any atom is 1.00 e. The van der Waals surface area contributed by atoms with Crippen molar-refractivity contribution in [2.75, 3.05) is 6.54 Å². The Morgan fingerprint density at radius 3 is 2.64 bits per heavy atom. The predicted octanol–water partition coefficient (Wildman–Crippen LogP) is -3.44. The zero-order chi connectivity index (χ0) is 7.56. The number of hydrogen-bond donors (Lipinski definition) is 2. The van der Waals surface area contributed by atoms with Crippen LogP contribution in [0.5, 0.6) is 0 Å². The SMILES string of the molecule is CC1CCN=C(N(N)N)[N-]1.[Rb+]. The molecule has 0 amide bonds. The monoisotopic (exact) mass is 227 g/mol. The molecule has 6 heteroatoms. The molecule has 0 saturated carbocycles. The van der Waals surface area contributed by atoms with Crippen molar-refractivity contribution in [3.8, 4) is 0 Å². The Hall–Kier alpha value is 0.995. The molecule has 1 unspecified atom stereocenters. The van der Waals surface area contributed by atoms with Gasteiger partial charge in [-0.1, -0.05) is 6.92 Å². The summed E-state index contributed by atoms with van der Waals surface area (Å²) in [7, 11) is 0. The van der Waals surface area contributed by atoms with Gasteiger partial charge in [-0.2, -0.15) is 0 Å². The molecule has 0 radical (unpaired) electrons. The van der Waals surface area contributed by atoms with Crippen LogP contribution in [0, 0.1) is 0 Å². The summed E-state index contributed by atoms with van der Waals surface area (Å²) in [6.07, 6.45) is 0.983. The summed E-state index contributed by atoms with van der Waals surface area (Å²) >= 11 is 0. The molecule has 4 N–H and O–H groups in total. The molecule has 1 atom stereocenters. The number of hydrogen-bond acceptors (Lipinski definition) is 4. The summed E-state index contributed by atoms with van der Waals surface area (Å²) in [5.41, 5.74) is 0. The van der Waals surface area contributed by atoms with Gasteiger partial charge in [-0.05, 0) is 19.0 Å². The Morgan fingerprint density at radius 2 is 2.27 bits per heavy atom. The fourth-order valence-electron chi connectivity index (χ4n) is 0.802. The van der Waals surface area contributed by atoms with Gasteiger partial charge in [-0.15, -0.1) is 0 Å². The van der Waals surface area contributed by atoms with E-state index in [1.54, 1.807) is 0 Å². The van der Waals surface area contributed by atoms with E-state index in [4.69, 9.17) is 11.7 Å². The van der Waals surface area contributed by atoms with Crippen molar-refractivity contribution in [3.63, 3.8) is 0 Å². The molecule has 58 valence electrons. The Bertz CT molecular complexity index is 146. The zero-order valence-corrected chi connectivity index (χ0v) is 11.9.